The first-order valence-corrected chi connectivity index (χ1v) is 8.17. The Balaban J connectivity index is 1.60. The Hall–Kier alpha value is -1.55. The van der Waals surface area contributed by atoms with Gasteiger partial charge in [0.25, 0.3) is 0 Å². The van der Waals surface area contributed by atoms with E-state index >= 15 is 0 Å². The highest BCUT2D eigenvalue weighted by atomic mass is 16.5. The minimum Gasteiger partial charge on any atom is -0.496 e. The van der Waals surface area contributed by atoms with Crippen LogP contribution in [0.2, 0.25) is 0 Å². The van der Waals surface area contributed by atoms with Gasteiger partial charge >= 0.3 is 0 Å². The third-order valence-corrected chi connectivity index (χ3v) is 5.15. The van der Waals surface area contributed by atoms with Gasteiger partial charge in [0.1, 0.15) is 5.75 Å². The zero-order chi connectivity index (χ0) is 15.7. The van der Waals surface area contributed by atoms with Crippen molar-refractivity contribution in [3.05, 3.63) is 29.8 Å². The molecule has 4 nitrogen and oxygen atoms in total. The third-order valence-electron chi connectivity index (χ3n) is 5.15. The van der Waals surface area contributed by atoms with Crippen LogP contribution in [-0.2, 0) is 4.79 Å². The fourth-order valence-electron chi connectivity index (χ4n) is 3.74. The molecule has 0 aromatic heterocycles. The first-order chi connectivity index (χ1) is 10.6. The Labute approximate surface area is 132 Å². The lowest BCUT2D eigenvalue weighted by atomic mass is 10.0. The van der Waals surface area contributed by atoms with Crippen LogP contribution >= 0.6 is 0 Å². The average molecular weight is 303 g/mol. The summed E-state index contributed by atoms with van der Waals surface area (Å²) < 4.78 is 5.40. The van der Waals surface area contributed by atoms with Crippen molar-refractivity contribution in [3.63, 3.8) is 0 Å². The molecular formula is C18H25NO3. The van der Waals surface area contributed by atoms with E-state index in [-0.39, 0.29) is 29.8 Å². The molecule has 4 unspecified atom stereocenters. The van der Waals surface area contributed by atoms with E-state index in [2.05, 4.69) is 6.07 Å². The van der Waals surface area contributed by atoms with Gasteiger partial charge in [-0.2, -0.15) is 0 Å². The number of aliphatic hydroxyl groups excluding tert-OH is 1. The van der Waals surface area contributed by atoms with Crippen molar-refractivity contribution in [2.24, 2.45) is 11.8 Å². The molecule has 0 bridgehead atoms. The van der Waals surface area contributed by atoms with Crippen molar-refractivity contribution >= 4 is 5.91 Å². The second kappa shape index (κ2) is 6.29. The van der Waals surface area contributed by atoms with Crippen LogP contribution < -0.4 is 4.74 Å². The van der Waals surface area contributed by atoms with Crippen LogP contribution in [0.1, 0.15) is 37.2 Å². The molecule has 2 aliphatic rings. The Kier molecular flexibility index (Phi) is 4.39. The number of ether oxygens (including phenoxy) is 1. The van der Waals surface area contributed by atoms with E-state index in [4.69, 9.17) is 4.74 Å². The van der Waals surface area contributed by atoms with Crippen molar-refractivity contribution < 1.29 is 14.6 Å². The Morgan fingerprint density at radius 2 is 2.14 bits per heavy atom. The summed E-state index contributed by atoms with van der Waals surface area (Å²) in [6, 6.07) is 7.96. The molecule has 2 saturated carbocycles. The number of carbonyl (C=O) groups excluding carboxylic acids is 1. The van der Waals surface area contributed by atoms with Gasteiger partial charge in [0.05, 0.1) is 13.2 Å². The summed E-state index contributed by atoms with van der Waals surface area (Å²) in [4.78, 5) is 14.4. The third kappa shape index (κ3) is 2.98. The molecule has 1 N–H and O–H groups in total. The summed E-state index contributed by atoms with van der Waals surface area (Å²) in [5.74, 6) is 1.67. The fourth-order valence-corrected chi connectivity index (χ4v) is 3.74. The fraction of sp³-hybridized carbons (Fsp3) is 0.611. The van der Waals surface area contributed by atoms with Crippen molar-refractivity contribution in [1.82, 2.24) is 4.90 Å². The van der Waals surface area contributed by atoms with Gasteiger partial charge in [0.15, 0.2) is 0 Å². The minimum absolute atomic E-state index is 0.0693. The lowest BCUT2D eigenvalue weighted by molar-refractivity contribution is -0.132. The first-order valence-electron chi connectivity index (χ1n) is 8.17. The summed E-state index contributed by atoms with van der Waals surface area (Å²) in [6.07, 6.45) is 3.64. The molecular weight excluding hydrogens is 278 g/mol. The maximum absolute atomic E-state index is 12.6. The van der Waals surface area contributed by atoms with Gasteiger partial charge in [-0.15, -0.1) is 0 Å². The van der Waals surface area contributed by atoms with Crippen molar-refractivity contribution in [3.8, 4) is 5.75 Å². The van der Waals surface area contributed by atoms with Crippen molar-refractivity contribution in [1.29, 1.82) is 0 Å². The van der Waals surface area contributed by atoms with E-state index in [1.54, 1.807) is 7.11 Å². The summed E-state index contributed by atoms with van der Waals surface area (Å²) >= 11 is 0. The summed E-state index contributed by atoms with van der Waals surface area (Å²) in [6.45, 7) is 0.676. The van der Waals surface area contributed by atoms with Crippen molar-refractivity contribution in [2.45, 2.75) is 37.7 Å². The molecule has 1 aromatic rings. The largest absolute Gasteiger partial charge is 0.496 e. The number of methoxy groups -OCH3 is 1. The zero-order valence-electron chi connectivity index (χ0n) is 13.4. The molecule has 0 radical (unpaired) electrons. The molecule has 4 heteroatoms. The Morgan fingerprint density at radius 3 is 2.82 bits per heavy atom. The number of hydrogen-bond donors (Lipinski definition) is 1. The van der Waals surface area contributed by atoms with Gasteiger partial charge < -0.3 is 14.7 Å². The second-order valence-corrected chi connectivity index (χ2v) is 6.67. The average Bonchev–Trinajstić information content (AvgIpc) is 3.24. The van der Waals surface area contributed by atoms with Crippen molar-refractivity contribution in [2.75, 3.05) is 20.7 Å². The number of amides is 1. The first kappa shape index (κ1) is 15.3. The zero-order valence-corrected chi connectivity index (χ0v) is 13.4. The minimum atomic E-state index is -0.237. The maximum atomic E-state index is 12.6. The SMILES string of the molecule is COc1ccccc1C1CC1C(=O)N(C)CC1CCCC1O. The molecule has 0 aliphatic heterocycles. The number of nitrogens with zero attached hydrogens (tertiary/aromatic N) is 1. The smallest absolute Gasteiger partial charge is 0.226 e. The standard InChI is InChI=1S/C18H25NO3/c1-19(11-12-6-5-8-16(12)20)18(21)15-10-14(15)13-7-3-4-9-17(13)22-2/h3-4,7,9,12,14-16,20H,5-6,8,10-11H2,1-2H3. The number of para-hydroxylation sites is 1. The number of rotatable bonds is 5. The molecule has 0 heterocycles. The number of hydrogen-bond acceptors (Lipinski definition) is 3. The predicted octanol–water partition coefficient (Wildman–Crippen LogP) is 2.42. The molecule has 1 aromatic carbocycles. The monoisotopic (exact) mass is 303 g/mol. The van der Waals surface area contributed by atoms with Gasteiger partial charge in [-0.1, -0.05) is 24.6 Å². The molecule has 0 saturated heterocycles. The maximum Gasteiger partial charge on any atom is 0.226 e. The molecule has 0 spiro atoms. The lowest BCUT2D eigenvalue weighted by Crippen LogP contribution is -2.35. The van der Waals surface area contributed by atoms with Gasteiger partial charge in [-0.25, -0.2) is 0 Å². The Morgan fingerprint density at radius 1 is 1.36 bits per heavy atom. The summed E-state index contributed by atoms with van der Waals surface area (Å²) in [5.41, 5.74) is 1.14. The molecule has 4 atom stereocenters. The highest BCUT2D eigenvalue weighted by molar-refractivity contribution is 5.83. The van der Waals surface area contributed by atoms with Gasteiger partial charge in [-0.05, 0) is 36.8 Å². The lowest BCUT2D eigenvalue weighted by Gasteiger charge is -2.23. The summed E-state index contributed by atoms with van der Waals surface area (Å²) in [7, 11) is 3.54. The van der Waals surface area contributed by atoms with E-state index < -0.39 is 0 Å². The van der Waals surface area contributed by atoms with Crippen LogP contribution in [0.4, 0.5) is 0 Å². The van der Waals surface area contributed by atoms with E-state index in [9.17, 15) is 9.90 Å². The number of carbonyl (C=O) groups is 1. The molecule has 2 fully saturated rings. The van der Waals surface area contributed by atoms with Gasteiger partial charge in [0, 0.05) is 25.4 Å². The Bertz CT molecular complexity index is 545. The molecule has 3 rings (SSSR count). The molecule has 1 amide bonds. The molecule has 22 heavy (non-hydrogen) atoms. The van der Waals surface area contributed by atoms with Crippen LogP contribution in [0, 0.1) is 11.8 Å². The van der Waals surface area contributed by atoms with E-state index in [0.29, 0.717) is 6.54 Å². The predicted molar refractivity (Wildman–Crippen MR) is 84.8 cm³/mol. The van der Waals surface area contributed by atoms with E-state index in [0.717, 1.165) is 37.0 Å². The normalized spacial score (nSPS) is 30.1. The van der Waals surface area contributed by atoms with Gasteiger partial charge in [0.2, 0.25) is 5.91 Å². The highest BCUT2D eigenvalue weighted by Crippen LogP contribution is 2.51. The van der Waals surface area contributed by atoms with Crippen LogP contribution in [0.3, 0.4) is 0 Å². The second-order valence-electron chi connectivity index (χ2n) is 6.67. The van der Waals surface area contributed by atoms with Gasteiger partial charge in [-0.3, -0.25) is 4.79 Å². The van der Waals surface area contributed by atoms with Crippen LogP contribution in [0.5, 0.6) is 5.75 Å². The van der Waals surface area contributed by atoms with E-state index in [1.165, 1.54) is 0 Å². The van der Waals surface area contributed by atoms with Crippen LogP contribution in [0.25, 0.3) is 0 Å². The highest BCUT2D eigenvalue weighted by Gasteiger charge is 2.46. The summed E-state index contributed by atoms with van der Waals surface area (Å²) in [5, 5.41) is 9.92. The number of benzene rings is 1. The van der Waals surface area contributed by atoms with E-state index in [1.807, 2.05) is 30.1 Å². The topological polar surface area (TPSA) is 49.8 Å². The van der Waals surface area contributed by atoms with Crippen LogP contribution in [0.15, 0.2) is 24.3 Å². The van der Waals surface area contributed by atoms with Crippen LogP contribution in [-0.4, -0.2) is 42.7 Å². The number of aliphatic hydroxyl groups is 1. The molecule has 120 valence electrons. The quantitative estimate of drug-likeness (QED) is 0.909. The molecule has 2 aliphatic carbocycles.